The Morgan fingerprint density at radius 3 is 3.00 bits per heavy atom. The summed E-state index contributed by atoms with van der Waals surface area (Å²) < 4.78 is 3.22. The van der Waals surface area contributed by atoms with E-state index in [1.54, 1.807) is 16.4 Å². The fourth-order valence-corrected chi connectivity index (χ4v) is 0.981. The number of aryl methyl sites for hydroxylation is 1. The number of terminal acetylenes is 1. The summed E-state index contributed by atoms with van der Waals surface area (Å²) in [5.41, 5.74) is -0.213. The topological polar surface area (TPSA) is 39.8 Å². The molecule has 0 aliphatic carbocycles. The van der Waals surface area contributed by atoms with Crippen LogP contribution < -0.4 is 5.69 Å². The number of unbranched alkanes of at least 4 members (excludes halogenated alkanes) is 1. The van der Waals surface area contributed by atoms with Crippen molar-refractivity contribution in [2.75, 3.05) is 0 Å². The molecular formula is C8H11N3O. The molecule has 0 saturated heterocycles. The second-order valence-electron chi connectivity index (χ2n) is 2.53. The van der Waals surface area contributed by atoms with Gasteiger partial charge in [-0.3, -0.25) is 4.68 Å². The van der Waals surface area contributed by atoms with Crippen molar-refractivity contribution in [3.8, 4) is 12.3 Å². The summed E-state index contributed by atoms with van der Waals surface area (Å²) in [4.78, 5) is 14.6. The van der Waals surface area contributed by atoms with Gasteiger partial charge in [-0.15, -0.1) is 12.3 Å². The van der Waals surface area contributed by atoms with E-state index in [-0.39, 0.29) is 5.69 Å². The van der Waals surface area contributed by atoms with E-state index in [1.165, 1.54) is 6.33 Å². The Labute approximate surface area is 70.8 Å². The number of hydrogen-bond donors (Lipinski definition) is 0. The van der Waals surface area contributed by atoms with Crippen molar-refractivity contribution in [2.24, 2.45) is 7.05 Å². The predicted molar refractivity (Wildman–Crippen MR) is 45.5 cm³/mol. The minimum Gasteiger partial charge on any atom is -0.273 e. The van der Waals surface area contributed by atoms with Crippen LogP contribution in [0.2, 0.25) is 0 Å². The first-order valence-electron chi connectivity index (χ1n) is 3.77. The maximum absolute atomic E-state index is 11.0. The molecule has 0 aliphatic heterocycles. The van der Waals surface area contributed by atoms with Crippen molar-refractivity contribution in [3.05, 3.63) is 16.8 Å². The Bertz CT molecular complexity index is 342. The average molecular weight is 165 g/mol. The molecule has 0 unspecified atom stereocenters. The standard InChI is InChI=1S/C8H11N3O/c1-3-4-5-6-11-8(12)9-7-10(11)2/h1,7H,4-6H2,2H3. The molecule has 64 valence electrons. The lowest BCUT2D eigenvalue weighted by Crippen LogP contribution is -2.22. The molecule has 0 spiro atoms. The molecule has 1 rings (SSSR count). The lowest BCUT2D eigenvalue weighted by atomic mass is 10.3. The van der Waals surface area contributed by atoms with Crippen LogP contribution in [0.3, 0.4) is 0 Å². The zero-order valence-electron chi connectivity index (χ0n) is 7.03. The molecule has 0 fully saturated rings. The van der Waals surface area contributed by atoms with Crippen LogP contribution in [-0.4, -0.2) is 14.3 Å². The summed E-state index contributed by atoms with van der Waals surface area (Å²) >= 11 is 0. The number of aromatic nitrogens is 3. The highest BCUT2D eigenvalue weighted by atomic mass is 16.2. The summed E-state index contributed by atoms with van der Waals surface area (Å²) in [6.45, 7) is 0.638. The minimum absolute atomic E-state index is 0.213. The van der Waals surface area contributed by atoms with Gasteiger partial charge < -0.3 is 0 Å². The van der Waals surface area contributed by atoms with Crippen LogP contribution in [0, 0.1) is 12.3 Å². The van der Waals surface area contributed by atoms with E-state index in [4.69, 9.17) is 6.42 Å². The molecule has 0 saturated carbocycles. The third-order valence-electron chi connectivity index (χ3n) is 1.63. The number of hydrogen-bond acceptors (Lipinski definition) is 2. The van der Waals surface area contributed by atoms with Crippen LogP contribution in [-0.2, 0) is 13.6 Å². The monoisotopic (exact) mass is 165 g/mol. The van der Waals surface area contributed by atoms with Gasteiger partial charge in [-0.05, 0) is 6.42 Å². The average Bonchev–Trinajstić information content (AvgIpc) is 2.35. The van der Waals surface area contributed by atoms with Crippen LogP contribution >= 0.6 is 0 Å². The van der Waals surface area contributed by atoms with Gasteiger partial charge in [0, 0.05) is 20.0 Å². The van der Waals surface area contributed by atoms with E-state index in [1.807, 2.05) is 0 Å². The Hall–Kier alpha value is -1.50. The first kappa shape index (κ1) is 8.60. The van der Waals surface area contributed by atoms with Crippen molar-refractivity contribution in [2.45, 2.75) is 19.4 Å². The van der Waals surface area contributed by atoms with Gasteiger partial charge in [-0.1, -0.05) is 0 Å². The zero-order chi connectivity index (χ0) is 8.97. The molecule has 0 N–H and O–H groups in total. The fourth-order valence-electron chi connectivity index (χ4n) is 0.981. The molecule has 1 heterocycles. The van der Waals surface area contributed by atoms with Crippen LogP contribution in [0.15, 0.2) is 11.1 Å². The summed E-state index contributed by atoms with van der Waals surface area (Å²) in [6, 6.07) is 0. The second kappa shape index (κ2) is 3.77. The lowest BCUT2D eigenvalue weighted by Gasteiger charge is -2.02. The van der Waals surface area contributed by atoms with Crippen LogP contribution in [0.4, 0.5) is 0 Å². The first-order valence-corrected chi connectivity index (χ1v) is 3.77. The SMILES string of the molecule is C#CCCCn1c(=O)ncn1C. The van der Waals surface area contributed by atoms with Crippen molar-refractivity contribution in [1.29, 1.82) is 0 Å². The minimum atomic E-state index is -0.213. The van der Waals surface area contributed by atoms with Gasteiger partial charge >= 0.3 is 5.69 Å². The van der Waals surface area contributed by atoms with Gasteiger partial charge in [-0.2, -0.15) is 4.98 Å². The Morgan fingerprint density at radius 1 is 1.75 bits per heavy atom. The quantitative estimate of drug-likeness (QED) is 0.467. The van der Waals surface area contributed by atoms with E-state index in [0.717, 1.165) is 6.42 Å². The number of nitrogens with zero attached hydrogens (tertiary/aromatic N) is 3. The van der Waals surface area contributed by atoms with Crippen molar-refractivity contribution in [3.63, 3.8) is 0 Å². The third kappa shape index (κ3) is 1.76. The van der Waals surface area contributed by atoms with Gasteiger partial charge in [-0.25, -0.2) is 9.48 Å². The lowest BCUT2D eigenvalue weighted by molar-refractivity contribution is 0.481. The predicted octanol–water partition coefficient (Wildman–Crippen LogP) is -0.00480. The highest BCUT2D eigenvalue weighted by Crippen LogP contribution is 1.89. The van der Waals surface area contributed by atoms with Gasteiger partial charge in [0.25, 0.3) is 0 Å². The van der Waals surface area contributed by atoms with Crippen molar-refractivity contribution < 1.29 is 0 Å². The zero-order valence-corrected chi connectivity index (χ0v) is 7.03. The molecule has 1 aromatic heterocycles. The maximum Gasteiger partial charge on any atom is 0.363 e. The van der Waals surface area contributed by atoms with Gasteiger partial charge in [0.1, 0.15) is 6.33 Å². The van der Waals surface area contributed by atoms with Crippen molar-refractivity contribution in [1.82, 2.24) is 14.3 Å². The van der Waals surface area contributed by atoms with E-state index in [2.05, 4.69) is 10.9 Å². The van der Waals surface area contributed by atoms with Crippen LogP contribution in [0.1, 0.15) is 12.8 Å². The summed E-state index contributed by atoms with van der Waals surface area (Å²) in [7, 11) is 1.78. The molecule has 4 nitrogen and oxygen atoms in total. The van der Waals surface area contributed by atoms with Crippen LogP contribution in [0.5, 0.6) is 0 Å². The molecule has 4 heteroatoms. The molecule has 0 amide bonds. The van der Waals surface area contributed by atoms with E-state index in [0.29, 0.717) is 13.0 Å². The molecule has 0 atom stereocenters. The van der Waals surface area contributed by atoms with Gasteiger partial charge in [0.15, 0.2) is 0 Å². The normalized spacial score (nSPS) is 9.67. The molecule has 0 aliphatic rings. The molecule has 1 aromatic rings. The smallest absolute Gasteiger partial charge is 0.273 e. The summed E-state index contributed by atoms with van der Waals surface area (Å²) in [6.07, 6.45) is 8.09. The van der Waals surface area contributed by atoms with Crippen molar-refractivity contribution >= 4 is 0 Å². The fraction of sp³-hybridized carbons (Fsp3) is 0.500. The first-order chi connectivity index (χ1) is 5.75. The van der Waals surface area contributed by atoms with E-state index < -0.39 is 0 Å². The maximum atomic E-state index is 11.0. The highest BCUT2D eigenvalue weighted by molar-refractivity contribution is 4.82. The molecular weight excluding hydrogens is 154 g/mol. The largest absolute Gasteiger partial charge is 0.363 e. The third-order valence-corrected chi connectivity index (χ3v) is 1.63. The van der Waals surface area contributed by atoms with Gasteiger partial charge in [0.05, 0.1) is 0 Å². The molecule has 0 bridgehead atoms. The van der Waals surface area contributed by atoms with Crippen LogP contribution in [0.25, 0.3) is 0 Å². The van der Waals surface area contributed by atoms with Gasteiger partial charge in [0.2, 0.25) is 0 Å². The summed E-state index contributed by atoms with van der Waals surface area (Å²) in [5, 5.41) is 0. The Kier molecular flexibility index (Phi) is 2.70. The highest BCUT2D eigenvalue weighted by Gasteiger charge is 1.98. The Balaban J connectivity index is 2.63. The number of rotatable bonds is 3. The summed E-state index contributed by atoms with van der Waals surface area (Å²) in [5.74, 6) is 2.52. The molecule has 12 heavy (non-hydrogen) atoms. The second-order valence-corrected chi connectivity index (χ2v) is 2.53. The van der Waals surface area contributed by atoms with E-state index in [9.17, 15) is 4.79 Å². The molecule has 0 aromatic carbocycles. The Morgan fingerprint density at radius 2 is 2.50 bits per heavy atom. The van der Waals surface area contributed by atoms with E-state index >= 15 is 0 Å². The molecule has 0 radical (unpaired) electrons.